The molecule has 2 heterocycles. The van der Waals surface area contributed by atoms with E-state index in [4.69, 9.17) is 10.5 Å². The van der Waals surface area contributed by atoms with E-state index in [2.05, 4.69) is 9.80 Å². The van der Waals surface area contributed by atoms with Crippen molar-refractivity contribution < 1.29 is 9.84 Å². The molecule has 0 saturated carbocycles. The number of nitrogens with two attached hydrogens (primary N) is 1. The fourth-order valence-corrected chi connectivity index (χ4v) is 2.49. The first-order valence-corrected chi connectivity index (χ1v) is 6.64. The maximum Gasteiger partial charge on any atom is 0.0612 e. The fourth-order valence-electron chi connectivity index (χ4n) is 2.49. The second-order valence-corrected chi connectivity index (χ2v) is 5.32. The number of rotatable bonds is 4. The lowest BCUT2D eigenvalue weighted by atomic mass is 9.89. The van der Waals surface area contributed by atoms with Crippen molar-refractivity contribution in [2.24, 2.45) is 5.73 Å². The van der Waals surface area contributed by atoms with E-state index in [1.807, 2.05) is 0 Å². The predicted molar refractivity (Wildman–Crippen MR) is 66.9 cm³/mol. The molecule has 5 heteroatoms. The van der Waals surface area contributed by atoms with Gasteiger partial charge in [-0.1, -0.05) is 0 Å². The second-order valence-electron chi connectivity index (χ2n) is 5.32. The number of aliphatic hydroxyl groups excluding tert-OH is 1. The molecule has 2 aliphatic heterocycles. The van der Waals surface area contributed by atoms with Crippen LogP contribution in [0.1, 0.15) is 12.8 Å². The standard InChI is InChI=1S/C12H25N3O2/c13-12(11-16)1-3-14(4-2-12)5-6-15-7-9-17-10-8-15/h16H,1-11,13H2. The van der Waals surface area contributed by atoms with Gasteiger partial charge in [-0.2, -0.15) is 0 Å². The molecule has 5 nitrogen and oxygen atoms in total. The lowest BCUT2D eigenvalue weighted by Gasteiger charge is -2.39. The van der Waals surface area contributed by atoms with Crippen LogP contribution in [0.3, 0.4) is 0 Å². The van der Waals surface area contributed by atoms with Gasteiger partial charge in [0.2, 0.25) is 0 Å². The van der Waals surface area contributed by atoms with Crippen LogP contribution >= 0.6 is 0 Å². The molecule has 2 fully saturated rings. The molecule has 0 aromatic carbocycles. The first-order valence-electron chi connectivity index (χ1n) is 6.64. The van der Waals surface area contributed by atoms with E-state index in [9.17, 15) is 5.11 Å². The van der Waals surface area contributed by atoms with Crippen molar-refractivity contribution in [2.45, 2.75) is 18.4 Å². The summed E-state index contributed by atoms with van der Waals surface area (Å²) in [7, 11) is 0. The largest absolute Gasteiger partial charge is 0.394 e. The summed E-state index contributed by atoms with van der Waals surface area (Å²) in [4.78, 5) is 4.91. The quantitative estimate of drug-likeness (QED) is 0.670. The molecule has 0 radical (unpaired) electrons. The third-order valence-corrected chi connectivity index (χ3v) is 4.00. The van der Waals surface area contributed by atoms with Gasteiger partial charge in [0.05, 0.1) is 19.8 Å². The third-order valence-electron chi connectivity index (χ3n) is 4.00. The number of likely N-dealkylation sites (tertiary alicyclic amines) is 1. The predicted octanol–water partition coefficient (Wildman–Crippen LogP) is -0.896. The van der Waals surface area contributed by atoms with Crippen LogP contribution in [0.2, 0.25) is 0 Å². The van der Waals surface area contributed by atoms with Crippen LogP contribution in [0.4, 0.5) is 0 Å². The summed E-state index contributed by atoms with van der Waals surface area (Å²) in [5.74, 6) is 0. The van der Waals surface area contributed by atoms with Gasteiger partial charge in [0.15, 0.2) is 0 Å². The number of aliphatic hydroxyl groups is 1. The average molecular weight is 243 g/mol. The molecule has 17 heavy (non-hydrogen) atoms. The Morgan fingerprint density at radius 3 is 2.06 bits per heavy atom. The molecule has 0 aliphatic carbocycles. The Balaban J connectivity index is 1.64. The van der Waals surface area contributed by atoms with Crippen molar-refractivity contribution >= 4 is 0 Å². The van der Waals surface area contributed by atoms with Crippen molar-refractivity contribution in [3.63, 3.8) is 0 Å². The molecule has 3 N–H and O–H groups in total. The van der Waals surface area contributed by atoms with E-state index >= 15 is 0 Å². The zero-order chi connectivity index (χ0) is 12.1. The van der Waals surface area contributed by atoms with E-state index in [0.29, 0.717) is 0 Å². The van der Waals surface area contributed by atoms with Crippen LogP contribution in [0.5, 0.6) is 0 Å². The number of piperidine rings is 1. The van der Waals surface area contributed by atoms with Crippen LogP contribution in [0.15, 0.2) is 0 Å². The van der Waals surface area contributed by atoms with Crippen molar-refractivity contribution in [3.05, 3.63) is 0 Å². The van der Waals surface area contributed by atoms with Gasteiger partial charge < -0.3 is 20.5 Å². The molecule has 100 valence electrons. The molecule has 2 saturated heterocycles. The Kier molecular flexibility index (Phi) is 4.76. The SMILES string of the molecule is NC1(CO)CCN(CCN2CCOCC2)CC1. The molecule has 0 atom stereocenters. The van der Waals surface area contributed by atoms with Gasteiger partial charge in [0.1, 0.15) is 0 Å². The maximum absolute atomic E-state index is 9.20. The molecule has 0 spiro atoms. The highest BCUT2D eigenvalue weighted by Gasteiger charge is 2.29. The first-order chi connectivity index (χ1) is 8.22. The van der Waals surface area contributed by atoms with Crippen LogP contribution < -0.4 is 5.73 Å². The highest BCUT2D eigenvalue weighted by Crippen LogP contribution is 2.18. The Labute approximate surface area is 104 Å². The third kappa shape index (κ3) is 3.89. The smallest absolute Gasteiger partial charge is 0.0612 e. The number of nitrogens with zero attached hydrogens (tertiary/aromatic N) is 2. The van der Waals surface area contributed by atoms with Crippen molar-refractivity contribution in [3.8, 4) is 0 Å². The van der Waals surface area contributed by atoms with E-state index in [1.165, 1.54) is 0 Å². The van der Waals surface area contributed by atoms with Gasteiger partial charge in [-0.05, 0) is 12.8 Å². The Morgan fingerprint density at radius 1 is 1.00 bits per heavy atom. The molecule has 2 aliphatic rings. The average Bonchev–Trinajstić information content (AvgIpc) is 2.39. The lowest BCUT2D eigenvalue weighted by Crippen LogP contribution is -2.53. The van der Waals surface area contributed by atoms with Crippen LogP contribution in [0, 0.1) is 0 Å². The highest BCUT2D eigenvalue weighted by molar-refractivity contribution is 4.89. The molecule has 0 aromatic rings. The zero-order valence-electron chi connectivity index (χ0n) is 10.6. The Morgan fingerprint density at radius 2 is 1.53 bits per heavy atom. The van der Waals surface area contributed by atoms with Gasteiger partial charge in [0.25, 0.3) is 0 Å². The number of morpholine rings is 1. The van der Waals surface area contributed by atoms with E-state index < -0.39 is 0 Å². The zero-order valence-corrected chi connectivity index (χ0v) is 10.6. The monoisotopic (exact) mass is 243 g/mol. The van der Waals surface area contributed by atoms with Gasteiger partial charge in [0, 0.05) is 44.8 Å². The molecule has 0 bridgehead atoms. The van der Waals surface area contributed by atoms with Gasteiger partial charge in [-0.25, -0.2) is 0 Å². The number of hydrogen-bond donors (Lipinski definition) is 2. The lowest BCUT2D eigenvalue weighted by molar-refractivity contribution is 0.0293. The van der Waals surface area contributed by atoms with Gasteiger partial charge >= 0.3 is 0 Å². The minimum atomic E-state index is -0.324. The summed E-state index contributed by atoms with van der Waals surface area (Å²) >= 11 is 0. The number of hydrogen-bond acceptors (Lipinski definition) is 5. The molecule has 0 unspecified atom stereocenters. The molecule has 0 aromatic heterocycles. The van der Waals surface area contributed by atoms with Crippen LogP contribution in [-0.4, -0.2) is 79.5 Å². The van der Waals surface area contributed by atoms with Gasteiger partial charge in [-0.15, -0.1) is 0 Å². The summed E-state index contributed by atoms with van der Waals surface area (Å²) in [6.45, 7) is 8.25. The Hall–Kier alpha value is -0.200. The van der Waals surface area contributed by atoms with E-state index in [0.717, 1.165) is 65.3 Å². The molecular formula is C12H25N3O2. The topological polar surface area (TPSA) is 62.0 Å². The summed E-state index contributed by atoms with van der Waals surface area (Å²) in [6.07, 6.45) is 1.82. The first kappa shape index (κ1) is 13.2. The summed E-state index contributed by atoms with van der Waals surface area (Å²) < 4.78 is 5.33. The van der Waals surface area contributed by atoms with Crippen molar-refractivity contribution in [2.75, 3.05) is 59.1 Å². The van der Waals surface area contributed by atoms with Crippen LogP contribution in [0.25, 0.3) is 0 Å². The normalized spacial score (nSPS) is 27.2. The molecular weight excluding hydrogens is 218 g/mol. The Bertz CT molecular complexity index is 224. The second kappa shape index (κ2) is 6.11. The fraction of sp³-hybridized carbons (Fsp3) is 1.00. The minimum absolute atomic E-state index is 0.115. The van der Waals surface area contributed by atoms with Crippen LogP contribution in [-0.2, 0) is 4.74 Å². The summed E-state index contributed by atoms with van der Waals surface area (Å²) in [5.41, 5.74) is 5.73. The molecule has 2 rings (SSSR count). The van der Waals surface area contributed by atoms with E-state index in [-0.39, 0.29) is 12.1 Å². The van der Waals surface area contributed by atoms with Crippen molar-refractivity contribution in [1.82, 2.24) is 9.80 Å². The number of ether oxygens (including phenoxy) is 1. The highest BCUT2D eigenvalue weighted by atomic mass is 16.5. The van der Waals surface area contributed by atoms with E-state index in [1.54, 1.807) is 0 Å². The minimum Gasteiger partial charge on any atom is -0.394 e. The van der Waals surface area contributed by atoms with Crippen molar-refractivity contribution in [1.29, 1.82) is 0 Å². The summed E-state index contributed by atoms with van der Waals surface area (Å²) in [5, 5.41) is 9.20. The maximum atomic E-state index is 9.20. The van der Waals surface area contributed by atoms with Gasteiger partial charge in [-0.3, -0.25) is 4.90 Å². The summed E-state index contributed by atoms with van der Waals surface area (Å²) in [6, 6.07) is 0. The molecule has 0 amide bonds.